The monoisotopic (exact) mass is 308 g/mol. The summed E-state index contributed by atoms with van der Waals surface area (Å²) in [6, 6.07) is 20.1. The van der Waals surface area contributed by atoms with Crippen molar-refractivity contribution >= 4 is 11.6 Å². The summed E-state index contributed by atoms with van der Waals surface area (Å²) in [6.45, 7) is 2.15. The molecule has 0 bridgehead atoms. The molecular weight excluding hydrogens is 284 g/mol. The first kappa shape index (κ1) is 16.9. The fourth-order valence-electron chi connectivity index (χ4n) is 2.33. The van der Waals surface area contributed by atoms with Gasteiger partial charge in [-0.25, -0.2) is 5.43 Å². The van der Waals surface area contributed by atoms with Crippen molar-refractivity contribution < 1.29 is 4.79 Å². The standard InChI is InChI=1S/C20H24N2O/c1-2-3-14-19(18-12-8-5-9-13-18)21-22-20(23)16-15-17-10-6-4-7-11-17/h4-13H,2-3,14-16H2,1H3,(H,22,23). The summed E-state index contributed by atoms with van der Waals surface area (Å²) in [5.41, 5.74) is 5.90. The van der Waals surface area contributed by atoms with E-state index in [1.807, 2.05) is 60.7 Å². The van der Waals surface area contributed by atoms with Crippen molar-refractivity contribution in [2.75, 3.05) is 0 Å². The molecule has 0 aliphatic heterocycles. The maximum absolute atomic E-state index is 12.0. The molecule has 0 aromatic heterocycles. The van der Waals surface area contributed by atoms with Crippen LogP contribution in [-0.4, -0.2) is 11.6 Å². The van der Waals surface area contributed by atoms with Crippen LogP contribution in [0, 0.1) is 0 Å². The Balaban J connectivity index is 1.92. The van der Waals surface area contributed by atoms with Crippen LogP contribution in [0.4, 0.5) is 0 Å². The van der Waals surface area contributed by atoms with Crippen molar-refractivity contribution in [3.05, 3.63) is 71.8 Å². The first-order chi connectivity index (χ1) is 11.3. The Morgan fingerprint density at radius 3 is 2.26 bits per heavy atom. The van der Waals surface area contributed by atoms with E-state index in [0.717, 1.165) is 37.0 Å². The first-order valence-electron chi connectivity index (χ1n) is 8.24. The molecule has 0 fully saturated rings. The van der Waals surface area contributed by atoms with Crippen molar-refractivity contribution in [1.82, 2.24) is 5.43 Å². The lowest BCUT2D eigenvalue weighted by Gasteiger charge is -2.07. The number of amides is 1. The van der Waals surface area contributed by atoms with Crippen LogP contribution in [0.25, 0.3) is 0 Å². The topological polar surface area (TPSA) is 41.5 Å². The Morgan fingerprint density at radius 1 is 0.957 bits per heavy atom. The molecule has 0 heterocycles. The van der Waals surface area contributed by atoms with Crippen LogP contribution < -0.4 is 5.43 Å². The molecule has 3 nitrogen and oxygen atoms in total. The maximum Gasteiger partial charge on any atom is 0.240 e. The van der Waals surface area contributed by atoms with Crippen molar-refractivity contribution in [1.29, 1.82) is 0 Å². The molecular formula is C20H24N2O. The highest BCUT2D eigenvalue weighted by Gasteiger charge is 2.05. The average Bonchev–Trinajstić information content (AvgIpc) is 2.61. The van der Waals surface area contributed by atoms with Gasteiger partial charge < -0.3 is 0 Å². The van der Waals surface area contributed by atoms with Gasteiger partial charge in [-0.05, 0) is 30.4 Å². The number of nitrogens with zero attached hydrogens (tertiary/aromatic N) is 1. The third-order valence-corrected chi connectivity index (χ3v) is 3.67. The zero-order valence-electron chi connectivity index (χ0n) is 13.7. The summed E-state index contributed by atoms with van der Waals surface area (Å²) in [5.74, 6) is -0.0428. The second-order valence-corrected chi connectivity index (χ2v) is 5.55. The largest absolute Gasteiger partial charge is 0.273 e. The molecule has 0 spiro atoms. The van der Waals surface area contributed by atoms with Crippen molar-refractivity contribution in [2.24, 2.45) is 5.10 Å². The molecule has 23 heavy (non-hydrogen) atoms. The highest BCUT2D eigenvalue weighted by atomic mass is 16.2. The van der Waals surface area contributed by atoms with Gasteiger partial charge in [0.25, 0.3) is 0 Å². The van der Waals surface area contributed by atoms with Gasteiger partial charge in [0.1, 0.15) is 0 Å². The van der Waals surface area contributed by atoms with Crippen LogP contribution in [0.3, 0.4) is 0 Å². The molecule has 0 saturated carbocycles. The number of hydrogen-bond acceptors (Lipinski definition) is 2. The number of hydrazone groups is 1. The Morgan fingerprint density at radius 2 is 1.61 bits per heavy atom. The van der Waals surface area contributed by atoms with Crippen LogP contribution in [-0.2, 0) is 11.2 Å². The summed E-state index contributed by atoms with van der Waals surface area (Å²) >= 11 is 0. The molecule has 120 valence electrons. The lowest BCUT2D eigenvalue weighted by atomic mass is 10.1. The number of rotatable bonds is 8. The van der Waals surface area contributed by atoms with Crippen molar-refractivity contribution in [3.8, 4) is 0 Å². The van der Waals surface area contributed by atoms with Gasteiger partial charge in [-0.3, -0.25) is 4.79 Å². The molecule has 2 aromatic carbocycles. The zero-order valence-corrected chi connectivity index (χ0v) is 13.7. The van der Waals surface area contributed by atoms with Crippen LogP contribution >= 0.6 is 0 Å². The lowest BCUT2D eigenvalue weighted by Crippen LogP contribution is -2.20. The SMILES string of the molecule is CCCCC(=NNC(=O)CCc1ccccc1)c1ccccc1. The second-order valence-electron chi connectivity index (χ2n) is 5.55. The zero-order chi connectivity index (χ0) is 16.3. The van der Waals surface area contributed by atoms with Gasteiger partial charge in [0.15, 0.2) is 0 Å². The minimum absolute atomic E-state index is 0.0428. The number of carbonyl (C=O) groups excluding carboxylic acids is 1. The Kier molecular flexibility index (Phi) is 7.05. The minimum atomic E-state index is -0.0428. The molecule has 0 atom stereocenters. The third kappa shape index (κ3) is 6.07. The molecule has 0 aliphatic rings. The lowest BCUT2D eigenvalue weighted by molar-refractivity contribution is -0.121. The molecule has 0 unspecified atom stereocenters. The van der Waals surface area contributed by atoms with E-state index in [1.165, 1.54) is 5.56 Å². The van der Waals surface area contributed by atoms with E-state index in [-0.39, 0.29) is 5.91 Å². The quantitative estimate of drug-likeness (QED) is 0.572. The normalized spacial score (nSPS) is 11.3. The number of nitrogens with one attached hydrogen (secondary N) is 1. The molecule has 3 heteroatoms. The number of carbonyl (C=O) groups is 1. The van der Waals surface area contributed by atoms with E-state index < -0.39 is 0 Å². The van der Waals surface area contributed by atoms with Gasteiger partial charge in [-0.1, -0.05) is 74.0 Å². The third-order valence-electron chi connectivity index (χ3n) is 3.67. The fourth-order valence-corrected chi connectivity index (χ4v) is 2.33. The molecule has 2 aromatic rings. The smallest absolute Gasteiger partial charge is 0.240 e. The summed E-state index contributed by atoms with van der Waals surface area (Å²) in [6.07, 6.45) is 4.22. The molecule has 0 radical (unpaired) electrons. The van der Waals surface area contributed by atoms with E-state index in [0.29, 0.717) is 6.42 Å². The van der Waals surface area contributed by atoms with Crippen LogP contribution in [0.2, 0.25) is 0 Å². The van der Waals surface area contributed by atoms with Gasteiger partial charge in [0, 0.05) is 6.42 Å². The highest BCUT2D eigenvalue weighted by Crippen LogP contribution is 2.08. The number of hydrogen-bond donors (Lipinski definition) is 1. The number of unbranched alkanes of at least 4 members (excludes halogenated alkanes) is 1. The van der Waals surface area contributed by atoms with E-state index in [9.17, 15) is 4.79 Å². The minimum Gasteiger partial charge on any atom is -0.273 e. The predicted molar refractivity (Wildman–Crippen MR) is 95.4 cm³/mol. The number of aryl methyl sites for hydroxylation is 1. The molecule has 0 saturated heterocycles. The van der Waals surface area contributed by atoms with E-state index in [2.05, 4.69) is 17.5 Å². The summed E-state index contributed by atoms with van der Waals surface area (Å²) in [7, 11) is 0. The van der Waals surface area contributed by atoms with E-state index >= 15 is 0 Å². The van der Waals surface area contributed by atoms with Crippen molar-refractivity contribution in [3.63, 3.8) is 0 Å². The average molecular weight is 308 g/mol. The summed E-state index contributed by atoms with van der Waals surface area (Å²) in [5, 5.41) is 4.36. The molecule has 1 N–H and O–H groups in total. The van der Waals surface area contributed by atoms with Crippen LogP contribution in [0.1, 0.15) is 43.7 Å². The highest BCUT2D eigenvalue weighted by molar-refractivity contribution is 6.01. The number of benzene rings is 2. The molecule has 2 rings (SSSR count). The van der Waals surface area contributed by atoms with E-state index in [1.54, 1.807) is 0 Å². The second kappa shape index (κ2) is 9.57. The van der Waals surface area contributed by atoms with Crippen LogP contribution in [0.5, 0.6) is 0 Å². The van der Waals surface area contributed by atoms with Crippen LogP contribution in [0.15, 0.2) is 65.8 Å². The predicted octanol–water partition coefficient (Wildman–Crippen LogP) is 4.33. The maximum atomic E-state index is 12.0. The van der Waals surface area contributed by atoms with E-state index in [4.69, 9.17) is 0 Å². The van der Waals surface area contributed by atoms with Crippen molar-refractivity contribution in [2.45, 2.75) is 39.0 Å². The molecule has 1 amide bonds. The van der Waals surface area contributed by atoms with Gasteiger partial charge >= 0.3 is 0 Å². The summed E-state index contributed by atoms with van der Waals surface area (Å²) < 4.78 is 0. The molecule has 0 aliphatic carbocycles. The Hall–Kier alpha value is -2.42. The Labute approximate surface area is 138 Å². The summed E-state index contributed by atoms with van der Waals surface area (Å²) in [4.78, 5) is 12.0. The fraction of sp³-hybridized carbons (Fsp3) is 0.300. The Bertz CT molecular complexity index is 621. The van der Waals surface area contributed by atoms with Gasteiger partial charge in [-0.2, -0.15) is 5.10 Å². The van der Waals surface area contributed by atoms with Gasteiger partial charge in [-0.15, -0.1) is 0 Å². The van der Waals surface area contributed by atoms with Gasteiger partial charge in [0.05, 0.1) is 5.71 Å². The van der Waals surface area contributed by atoms with Gasteiger partial charge in [0.2, 0.25) is 5.91 Å². The first-order valence-corrected chi connectivity index (χ1v) is 8.24.